The number of aromatic nitrogens is 2. The number of hydrogen-bond donors (Lipinski definition) is 0. The number of furan rings is 1. The Morgan fingerprint density at radius 2 is 1.63 bits per heavy atom. The van der Waals surface area contributed by atoms with Crippen LogP contribution in [-0.4, -0.2) is 18.0 Å². The minimum Gasteiger partial charge on any atom is -0.464 e. The van der Waals surface area contributed by atoms with E-state index in [2.05, 4.69) is 59.9 Å². The third-order valence-electron chi connectivity index (χ3n) is 6.05. The average molecular weight is 697 g/mol. The number of rotatable bonds is 3. The zero-order valence-electron chi connectivity index (χ0n) is 27.3. The molecule has 0 saturated carbocycles. The van der Waals surface area contributed by atoms with E-state index >= 15 is 0 Å². The van der Waals surface area contributed by atoms with Crippen molar-refractivity contribution in [1.29, 1.82) is 0 Å². The third-order valence-corrected chi connectivity index (χ3v) is 8.08. The van der Waals surface area contributed by atoms with E-state index < -0.39 is 21.8 Å². The first-order valence-electron chi connectivity index (χ1n) is 15.0. The summed E-state index contributed by atoms with van der Waals surface area (Å²) in [4.78, 5) is 8.72. The second-order valence-corrected chi connectivity index (χ2v) is 14.8. The molecule has 38 heavy (non-hydrogen) atoms. The summed E-state index contributed by atoms with van der Waals surface area (Å²) in [7, 11) is -1.50. The van der Waals surface area contributed by atoms with Gasteiger partial charge in [-0.05, 0) is 30.2 Å². The molecule has 6 aromatic rings. The summed E-state index contributed by atoms with van der Waals surface area (Å²) in [6.07, 6.45) is 3.17. The van der Waals surface area contributed by atoms with Gasteiger partial charge in [0.05, 0.1) is 0 Å². The van der Waals surface area contributed by atoms with E-state index in [1.54, 1.807) is 12.1 Å². The summed E-state index contributed by atoms with van der Waals surface area (Å²) in [5.41, 5.74) is 5.29. The van der Waals surface area contributed by atoms with Gasteiger partial charge in [-0.3, -0.25) is 0 Å². The molecule has 0 unspecified atom stereocenters. The van der Waals surface area contributed by atoms with Crippen LogP contribution in [0.1, 0.15) is 19.4 Å². The van der Waals surface area contributed by atoms with Crippen molar-refractivity contribution < 1.29 is 32.7 Å². The standard InChI is InChI=1S/C20H18NOSi.C13H12N.Ir/c1-23(2,3)18-11-7-5-9-16(18)19-20-15(12-13-21-19)14-8-4-6-10-17(14)22-20;1-10-3-6-12(7-4-10)13-8-5-11(2)9-14-13;/h4-8,10-13H,1-3H3;3-6,8-9H,1-2H3;/q2*-1;/i;1D3,2D3;. The zero-order chi connectivity index (χ0) is 31.0. The van der Waals surface area contributed by atoms with Crippen LogP contribution in [0.15, 0.2) is 95.7 Å². The first-order valence-corrected chi connectivity index (χ1v) is 15.5. The maximum atomic E-state index is 7.28. The summed E-state index contributed by atoms with van der Waals surface area (Å²) in [5.74, 6) is 0. The van der Waals surface area contributed by atoms with E-state index in [0.717, 1.165) is 33.2 Å². The summed E-state index contributed by atoms with van der Waals surface area (Å²) >= 11 is 0. The molecule has 0 spiro atoms. The van der Waals surface area contributed by atoms with Gasteiger partial charge in [0.1, 0.15) is 11.2 Å². The number of nitrogens with zero attached hydrogens (tertiary/aromatic N) is 2. The second-order valence-electron chi connectivity index (χ2n) is 9.77. The van der Waals surface area contributed by atoms with Gasteiger partial charge in [0.2, 0.25) is 0 Å². The van der Waals surface area contributed by atoms with Gasteiger partial charge in [-0.2, -0.15) is 0 Å². The van der Waals surface area contributed by atoms with Gasteiger partial charge in [-0.1, -0.05) is 56.8 Å². The third kappa shape index (κ3) is 5.86. The maximum Gasteiger partial charge on any atom is 0.134 e. The van der Waals surface area contributed by atoms with Crippen molar-refractivity contribution in [3.8, 4) is 22.5 Å². The molecular formula is C33H30IrN2OSi-2. The minimum absolute atomic E-state index is 0. The largest absolute Gasteiger partial charge is 0.464 e. The molecule has 3 aromatic heterocycles. The van der Waals surface area contributed by atoms with Crippen LogP contribution < -0.4 is 5.19 Å². The molecule has 5 heteroatoms. The number of aryl methyl sites for hydroxylation is 2. The number of pyridine rings is 2. The molecule has 3 heterocycles. The molecule has 3 nitrogen and oxygen atoms in total. The molecular weight excluding hydrogens is 661 g/mol. The topological polar surface area (TPSA) is 38.9 Å². The van der Waals surface area contributed by atoms with Gasteiger partial charge in [-0.25, -0.2) is 0 Å². The van der Waals surface area contributed by atoms with E-state index in [0.29, 0.717) is 11.3 Å². The van der Waals surface area contributed by atoms with Gasteiger partial charge in [0.25, 0.3) is 0 Å². The van der Waals surface area contributed by atoms with Gasteiger partial charge < -0.3 is 14.4 Å². The summed E-state index contributed by atoms with van der Waals surface area (Å²) in [5, 5.41) is 3.61. The molecule has 6 rings (SSSR count). The molecule has 0 aliphatic carbocycles. The Morgan fingerprint density at radius 1 is 0.816 bits per heavy atom. The SMILES string of the molecule is C[Si](C)(C)c1ccc[c-]c1-c1nccc2c1oc1ccccc12.[2H]C([2H])([2H])c1c[c-]c(-c2ccc(C([2H])([2H])[2H])cn2)cc1.[Ir]. The monoisotopic (exact) mass is 697 g/mol. The Hall–Kier alpha value is -3.37. The van der Waals surface area contributed by atoms with Crippen molar-refractivity contribution in [2.24, 2.45) is 0 Å². The predicted octanol–water partition coefficient (Wildman–Crippen LogP) is 8.16. The normalized spacial score (nSPS) is 14.1. The maximum absolute atomic E-state index is 7.28. The van der Waals surface area contributed by atoms with Crippen molar-refractivity contribution in [2.45, 2.75) is 33.3 Å². The van der Waals surface area contributed by atoms with Crippen molar-refractivity contribution in [2.75, 3.05) is 0 Å². The molecule has 0 fully saturated rings. The average Bonchev–Trinajstić information content (AvgIpc) is 3.35. The summed E-state index contributed by atoms with van der Waals surface area (Å²) in [6.45, 7) is 2.70. The number of hydrogen-bond acceptors (Lipinski definition) is 3. The molecule has 0 aliphatic rings. The molecule has 0 saturated heterocycles. The van der Waals surface area contributed by atoms with Gasteiger partial charge >= 0.3 is 0 Å². The molecule has 193 valence electrons. The van der Waals surface area contributed by atoms with Crippen LogP contribution in [0.4, 0.5) is 0 Å². The predicted molar refractivity (Wildman–Crippen MR) is 157 cm³/mol. The Balaban J connectivity index is 0.000000199. The molecule has 0 atom stereocenters. The quantitative estimate of drug-likeness (QED) is 0.139. The first kappa shape index (κ1) is 20.6. The molecule has 0 aliphatic heterocycles. The first-order chi connectivity index (χ1) is 20.2. The summed E-state index contributed by atoms with van der Waals surface area (Å²) in [6, 6.07) is 30.3. The molecule has 0 N–H and O–H groups in total. The molecule has 0 bridgehead atoms. The smallest absolute Gasteiger partial charge is 0.134 e. The summed E-state index contributed by atoms with van der Waals surface area (Å²) < 4.78 is 49.8. The van der Waals surface area contributed by atoms with E-state index in [-0.39, 0.29) is 31.2 Å². The molecule has 0 amide bonds. The fourth-order valence-corrected chi connectivity index (χ4v) is 5.76. The van der Waals surface area contributed by atoms with Crippen LogP contribution in [0.2, 0.25) is 19.6 Å². The van der Waals surface area contributed by atoms with Gasteiger partial charge in [0, 0.05) is 65.3 Å². The van der Waals surface area contributed by atoms with Crippen LogP contribution in [-0.2, 0) is 20.1 Å². The van der Waals surface area contributed by atoms with Crippen molar-refractivity contribution in [3.63, 3.8) is 0 Å². The van der Waals surface area contributed by atoms with Crippen LogP contribution in [0.5, 0.6) is 0 Å². The molecule has 1 radical (unpaired) electrons. The van der Waals surface area contributed by atoms with Gasteiger partial charge in [-0.15, -0.1) is 70.4 Å². The fourth-order valence-electron chi connectivity index (χ4n) is 4.22. The molecule has 3 aromatic carbocycles. The van der Waals surface area contributed by atoms with Crippen LogP contribution in [0.3, 0.4) is 0 Å². The van der Waals surface area contributed by atoms with Crippen molar-refractivity contribution >= 4 is 35.2 Å². The van der Waals surface area contributed by atoms with E-state index in [9.17, 15) is 0 Å². The van der Waals surface area contributed by atoms with E-state index in [1.807, 2.05) is 36.5 Å². The van der Waals surface area contributed by atoms with E-state index in [1.165, 1.54) is 29.6 Å². The Kier molecular flexibility index (Phi) is 6.26. The number of para-hydroxylation sites is 1. The van der Waals surface area contributed by atoms with Crippen LogP contribution in [0.25, 0.3) is 44.5 Å². The Morgan fingerprint density at radius 3 is 2.34 bits per heavy atom. The van der Waals surface area contributed by atoms with Crippen molar-refractivity contribution in [1.82, 2.24) is 9.97 Å². The van der Waals surface area contributed by atoms with Gasteiger partial charge in [0.15, 0.2) is 0 Å². The second kappa shape index (κ2) is 11.6. The Bertz CT molecular complexity index is 1820. The number of benzene rings is 3. The minimum atomic E-state index is -2.18. The van der Waals surface area contributed by atoms with E-state index in [4.69, 9.17) is 12.6 Å². The fraction of sp³-hybridized carbons (Fsp3) is 0.152. The van der Waals surface area contributed by atoms with Crippen molar-refractivity contribution in [3.05, 3.63) is 115 Å². The van der Waals surface area contributed by atoms with Crippen LogP contribution in [0, 0.1) is 25.8 Å². The van der Waals surface area contributed by atoms with Crippen LogP contribution >= 0.6 is 0 Å². The number of fused-ring (bicyclic) bond motifs is 3. The Labute approximate surface area is 247 Å². The zero-order valence-corrected chi connectivity index (χ0v) is 24.7.